The molecule has 0 unspecified atom stereocenters. The Hall–Kier alpha value is -3.88. The number of amides is 2. The average molecular weight is 426 g/mol. The van der Waals surface area contributed by atoms with Gasteiger partial charge >= 0.3 is 11.9 Å². The van der Waals surface area contributed by atoms with Crippen molar-refractivity contribution in [1.29, 1.82) is 0 Å². The van der Waals surface area contributed by atoms with Gasteiger partial charge < -0.3 is 24.4 Å². The van der Waals surface area contributed by atoms with Crippen LogP contribution in [0.1, 0.15) is 16.8 Å². The van der Waals surface area contributed by atoms with Gasteiger partial charge in [0.2, 0.25) is 5.91 Å². The number of esters is 2. The van der Waals surface area contributed by atoms with E-state index in [0.717, 1.165) is 0 Å². The van der Waals surface area contributed by atoms with E-state index in [1.807, 2.05) is 0 Å². The van der Waals surface area contributed by atoms with Gasteiger partial charge in [-0.05, 0) is 36.4 Å². The van der Waals surface area contributed by atoms with E-state index >= 15 is 0 Å². The number of hydrogen-bond acceptors (Lipinski definition) is 7. The Morgan fingerprint density at radius 2 is 1.84 bits per heavy atom. The first kappa shape index (κ1) is 21.8. The summed E-state index contributed by atoms with van der Waals surface area (Å²) in [5.74, 6) is -1.94. The molecule has 3 rings (SSSR count). The van der Waals surface area contributed by atoms with Crippen LogP contribution in [-0.2, 0) is 23.9 Å². The van der Waals surface area contributed by atoms with Crippen LogP contribution < -0.4 is 15.0 Å². The summed E-state index contributed by atoms with van der Waals surface area (Å²) in [6, 6.07) is 13.1. The summed E-state index contributed by atoms with van der Waals surface area (Å²) in [6.45, 7) is -0.332. The topological polar surface area (TPSA) is 111 Å². The second-order valence-corrected chi connectivity index (χ2v) is 6.83. The van der Waals surface area contributed by atoms with Gasteiger partial charge in [-0.2, -0.15) is 0 Å². The van der Waals surface area contributed by atoms with Gasteiger partial charge in [0.1, 0.15) is 5.75 Å². The zero-order valence-electron chi connectivity index (χ0n) is 17.1. The summed E-state index contributed by atoms with van der Waals surface area (Å²) >= 11 is 0. The highest BCUT2D eigenvalue weighted by Gasteiger charge is 2.36. The molecule has 2 aromatic carbocycles. The first-order valence-electron chi connectivity index (χ1n) is 9.50. The van der Waals surface area contributed by atoms with Crippen LogP contribution in [0.25, 0.3) is 0 Å². The number of nitrogens with one attached hydrogen (secondary N) is 1. The summed E-state index contributed by atoms with van der Waals surface area (Å²) in [6.07, 6.45) is -0.0188. The molecule has 1 N–H and O–H groups in total. The summed E-state index contributed by atoms with van der Waals surface area (Å²) in [5, 5.41) is 2.61. The maximum absolute atomic E-state index is 12.3. The number of carbonyl (C=O) groups is 4. The van der Waals surface area contributed by atoms with Crippen LogP contribution >= 0.6 is 0 Å². The fourth-order valence-electron chi connectivity index (χ4n) is 3.16. The standard InChI is InChI=1S/C22H22N2O7/c1-29-18-5-3-4-16(11-18)23-19(25)13-31-22(28)15-10-20(26)24(12-15)17-8-6-14(7-9-17)21(27)30-2/h3-9,11,15H,10,12-13H2,1-2H3,(H,23,25)/t15-/m1/s1. The Labute approximate surface area is 178 Å². The number of rotatable bonds is 7. The fourth-order valence-corrected chi connectivity index (χ4v) is 3.16. The molecule has 0 saturated carbocycles. The van der Waals surface area contributed by atoms with Gasteiger partial charge in [0, 0.05) is 30.4 Å². The smallest absolute Gasteiger partial charge is 0.337 e. The highest BCUT2D eigenvalue weighted by Crippen LogP contribution is 2.26. The third-order valence-corrected chi connectivity index (χ3v) is 4.76. The maximum atomic E-state index is 12.3. The van der Waals surface area contributed by atoms with Gasteiger partial charge in [-0.15, -0.1) is 0 Å². The van der Waals surface area contributed by atoms with Crippen LogP contribution in [0.3, 0.4) is 0 Å². The Bertz CT molecular complexity index is 988. The highest BCUT2D eigenvalue weighted by molar-refractivity contribution is 6.00. The molecule has 1 heterocycles. The van der Waals surface area contributed by atoms with Crippen molar-refractivity contribution in [2.24, 2.45) is 5.92 Å². The molecule has 31 heavy (non-hydrogen) atoms. The van der Waals surface area contributed by atoms with Crippen molar-refractivity contribution < 1.29 is 33.4 Å². The maximum Gasteiger partial charge on any atom is 0.337 e. The number of methoxy groups -OCH3 is 2. The molecule has 1 aliphatic heterocycles. The number of carbonyl (C=O) groups excluding carboxylic acids is 4. The van der Waals surface area contributed by atoms with E-state index in [9.17, 15) is 19.2 Å². The molecule has 2 aromatic rings. The number of ether oxygens (including phenoxy) is 3. The van der Waals surface area contributed by atoms with E-state index < -0.39 is 30.4 Å². The third kappa shape index (κ3) is 5.39. The van der Waals surface area contributed by atoms with Crippen molar-refractivity contribution in [1.82, 2.24) is 0 Å². The lowest BCUT2D eigenvalue weighted by Crippen LogP contribution is -2.28. The zero-order valence-corrected chi connectivity index (χ0v) is 17.1. The predicted molar refractivity (Wildman–Crippen MR) is 111 cm³/mol. The van der Waals surface area contributed by atoms with Crippen molar-refractivity contribution in [2.75, 3.05) is 37.6 Å². The molecule has 1 aliphatic rings. The second kappa shape index (κ2) is 9.75. The lowest BCUT2D eigenvalue weighted by Gasteiger charge is -2.16. The molecule has 0 aromatic heterocycles. The van der Waals surface area contributed by atoms with Crippen LogP contribution in [0.4, 0.5) is 11.4 Å². The normalized spacial score (nSPS) is 15.4. The Balaban J connectivity index is 1.52. The lowest BCUT2D eigenvalue weighted by molar-refractivity contribution is -0.151. The number of benzene rings is 2. The number of nitrogens with zero attached hydrogens (tertiary/aromatic N) is 1. The van der Waals surface area contributed by atoms with Crippen LogP contribution in [0.15, 0.2) is 48.5 Å². The largest absolute Gasteiger partial charge is 0.497 e. The molecule has 162 valence electrons. The van der Waals surface area contributed by atoms with Crippen molar-refractivity contribution in [3.63, 3.8) is 0 Å². The van der Waals surface area contributed by atoms with E-state index in [4.69, 9.17) is 9.47 Å². The Kier molecular flexibility index (Phi) is 6.86. The molecule has 1 saturated heterocycles. The first-order valence-corrected chi connectivity index (χ1v) is 9.50. The molecular weight excluding hydrogens is 404 g/mol. The zero-order chi connectivity index (χ0) is 22.4. The number of anilines is 2. The molecule has 0 bridgehead atoms. The highest BCUT2D eigenvalue weighted by atomic mass is 16.5. The predicted octanol–water partition coefficient (Wildman–Crippen LogP) is 2.02. The third-order valence-electron chi connectivity index (χ3n) is 4.76. The molecule has 0 spiro atoms. The summed E-state index contributed by atoms with van der Waals surface area (Å²) in [5.41, 5.74) is 1.43. The minimum atomic E-state index is -0.683. The molecule has 1 fully saturated rings. The Morgan fingerprint density at radius 1 is 1.10 bits per heavy atom. The van der Waals surface area contributed by atoms with Gasteiger partial charge in [0.15, 0.2) is 6.61 Å². The van der Waals surface area contributed by atoms with Gasteiger partial charge in [-0.3, -0.25) is 14.4 Å². The molecule has 0 radical (unpaired) electrons. The summed E-state index contributed by atoms with van der Waals surface area (Å²) in [4.78, 5) is 49.7. The molecule has 2 amide bonds. The fraction of sp³-hybridized carbons (Fsp3) is 0.273. The number of hydrogen-bond donors (Lipinski definition) is 1. The van der Waals surface area contributed by atoms with Gasteiger partial charge in [0.25, 0.3) is 5.91 Å². The summed E-state index contributed by atoms with van der Waals surface area (Å²) in [7, 11) is 2.80. The van der Waals surface area contributed by atoms with E-state index in [1.165, 1.54) is 19.1 Å². The monoisotopic (exact) mass is 426 g/mol. The molecule has 1 atom stereocenters. The van der Waals surface area contributed by atoms with Crippen LogP contribution in [0.5, 0.6) is 5.75 Å². The minimum absolute atomic E-state index is 0.0188. The van der Waals surface area contributed by atoms with Gasteiger partial charge in [-0.1, -0.05) is 6.07 Å². The van der Waals surface area contributed by atoms with E-state index in [-0.39, 0.29) is 18.9 Å². The van der Waals surface area contributed by atoms with Gasteiger partial charge in [0.05, 0.1) is 25.7 Å². The Morgan fingerprint density at radius 3 is 2.52 bits per heavy atom. The first-order chi connectivity index (χ1) is 14.9. The van der Waals surface area contributed by atoms with Crippen molar-refractivity contribution >= 4 is 35.1 Å². The molecular formula is C22H22N2O7. The lowest BCUT2D eigenvalue weighted by atomic mass is 10.1. The van der Waals surface area contributed by atoms with E-state index in [0.29, 0.717) is 22.7 Å². The quantitative estimate of drug-likeness (QED) is 0.674. The summed E-state index contributed by atoms with van der Waals surface area (Å²) < 4.78 is 14.8. The van der Waals surface area contributed by atoms with Crippen molar-refractivity contribution in [3.8, 4) is 5.75 Å². The van der Waals surface area contributed by atoms with E-state index in [1.54, 1.807) is 48.5 Å². The SMILES string of the molecule is COC(=O)c1ccc(N2C[C@H](C(=O)OCC(=O)Nc3cccc(OC)c3)CC2=O)cc1. The van der Waals surface area contributed by atoms with E-state index in [2.05, 4.69) is 10.1 Å². The minimum Gasteiger partial charge on any atom is -0.497 e. The van der Waals surface area contributed by atoms with Crippen LogP contribution in [0.2, 0.25) is 0 Å². The van der Waals surface area contributed by atoms with Gasteiger partial charge in [-0.25, -0.2) is 4.79 Å². The molecule has 9 heteroatoms. The molecule has 0 aliphatic carbocycles. The van der Waals surface area contributed by atoms with Crippen LogP contribution in [-0.4, -0.2) is 51.1 Å². The van der Waals surface area contributed by atoms with Crippen LogP contribution in [0, 0.1) is 5.92 Å². The second-order valence-electron chi connectivity index (χ2n) is 6.83. The molecule has 9 nitrogen and oxygen atoms in total. The average Bonchev–Trinajstić information content (AvgIpc) is 3.18. The van der Waals surface area contributed by atoms with Crippen molar-refractivity contribution in [3.05, 3.63) is 54.1 Å². The van der Waals surface area contributed by atoms with Crippen molar-refractivity contribution in [2.45, 2.75) is 6.42 Å².